The predicted octanol–water partition coefficient (Wildman–Crippen LogP) is 2.23. The van der Waals surface area contributed by atoms with Crippen LogP contribution in [-0.2, 0) is 15.1 Å². The van der Waals surface area contributed by atoms with Crippen molar-refractivity contribution in [2.24, 2.45) is 0 Å². The molecule has 9 nitrogen and oxygen atoms in total. The molecule has 2 heterocycles. The summed E-state index contributed by atoms with van der Waals surface area (Å²) in [7, 11) is 0. The summed E-state index contributed by atoms with van der Waals surface area (Å²) >= 11 is 0. The third-order valence-electron chi connectivity index (χ3n) is 5.40. The van der Waals surface area contributed by atoms with Crippen molar-refractivity contribution in [3.8, 4) is 11.3 Å². The Bertz CT molecular complexity index is 1220. The number of aromatic nitrogens is 2. The Morgan fingerprint density at radius 2 is 1.81 bits per heavy atom. The van der Waals surface area contributed by atoms with Gasteiger partial charge in [0.2, 0.25) is 5.91 Å². The zero-order valence-electron chi connectivity index (χ0n) is 17.3. The molecular weight excluding hydrogens is 410 g/mol. The van der Waals surface area contributed by atoms with Crippen LogP contribution in [0.3, 0.4) is 0 Å². The number of aromatic amines is 1. The quantitative estimate of drug-likeness (QED) is 0.516. The van der Waals surface area contributed by atoms with Gasteiger partial charge in [0.15, 0.2) is 0 Å². The smallest absolute Gasteiger partial charge is 0.325 e. The number of amides is 4. The van der Waals surface area contributed by atoms with Gasteiger partial charge in [-0.15, -0.1) is 0 Å². The number of hydrogen-bond acceptors (Lipinski definition) is 5. The van der Waals surface area contributed by atoms with Crippen molar-refractivity contribution in [1.29, 1.82) is 0 Å². The van der Waals surface area contributed by atoms with Gasteiger partial charge in [0.05, 0.1) is 5.69 Å². The lowest BCUT2D eigenvalue weighted by Gasteiger charge is -2.25. The second kappa shape index (κ2) is 8.46. The zero-order chi connectivity index (χ0) is 22.7. The number of rotatable bonds is 6. The molecule has 3 N–H and O–H groups in total. The van der Waals surface area contributed by atoms with Crippen LogP contribution in [0.1, 0.15) is 18.9 Å². The lowest BCUT2D eigenvalue weighted by Crippen LogP contribution is -2.44. The average molecular weight is 431 g/mol. The van der Waals surface area contributed by atoms with E-state index in [1.807, 2.05) is 13.0 Å². The van der Waals surface area contributed by atoms with Crippen molar-refractivity contribution >= 4 is 23.5 Å². The van der Waals surface area contributed by atoms with Gasteiger partial charge >= 0.3 is 6.03 Å². The number of anilines is 1. The zero-order valence-corrected chi connectivity index (χ0v) is 17.3. The maximum atomic E-state index is 13.1. The molecule has 162 valence electrons. The summed E-state index contributed by atoms with van der Waals surface area (Å²) < 4.78 is 0. The summed E-state index contributed by atoms with van der Waals surface area (Å²) in [6.45, 7) is 1.39. The van der Waals surface area contributed by atoms with E-state index in [9.17, 15) is 19.2 Å². The van der Waals surface area contributed by atoms with Gasteiger partial charge in [0.1, 0.15) is 12.1 Å². The number of carbonyl (C=O) groups excluding carboxylic acids is 3. The molecule has 0 aliphatic carbocycles. The third kappa shape index (κ3) is 3.87. The van der Waals surface area contributed by atoms with Gasteiger partial charge in [-0.25, -0.2) is 9.89 Å². The molecule has 2 aromatic carbocycles. The molecule has 1 aliphatic heterocycles. The van der Waals surface area contributed by atoms with E-state index in [4.69, 9.17) is 0 Å². The molecule has 1 atom stereocenters. The van der Waals surface area contributed by atoms with E-state index < -0.39 is 29.9 Å². The topological polar surface area (TPSA) is 124 Å². The lowest BCUT2D eigenvalue weighted by atomic mass is 9.87. The summed E-state index contributed by atoms with van der Waals surface area (Å²) in [5.74, 6) is -0.974. The Morgan fingerprint density at radius 1 is 1.03 bits per heavy atom. The van der Waals surface area contributed by atoms with Crippen LogP contribution in [0.25, 0.3) is 11.3 Å². The van der Waals surface area contributed by atoms with Gasteiger partial charge in [-0.1, -0.05) is 49.4 Å². The first-order chi connectivity index (χ1) is 15.4. The van der Waals surface area contributed by atoms with Crippen molar-refractivity contribution in [1.82, 2.24) is 20.4 Å². The monoisotopic (exact) mass is 431 g/mol. The number of urea groups is 1. The first-order valence-electron chi connectivity index (χ1n) is 10.1. The van der Waals surface area contributed by atoms with Gasteiger partial charge in [0, 0.05) is 17.3 Å². The predicted molar refractivity (Wildman–Crippen MR) is 118 cm³/mol. The normalized spacial score (nSPS) is 17.8. The Morgan fingerprint density at radius 3 is 2.50 bits per heavy atom. The molecule has 1 aromatic heterocycles. The van der Waals surface area contributed by atoms with Gasteiger partial charge in [0.25, 0.3) is 11.5 Å². The van der Waals surface area contributed by atoms with Crippen LogP contribution in [0.2, 0.25) is 0 Å². The van der Waals surface area contributed by atoms with Crippen LogP contribution in [0.4, 0.5) is 10.5 Å². The highest BCUT2D eigenvalue weighted by Gasteiger charge is 2.51. The molecule has 0 spiro atoms. The fourth-order valence-corrected chi connectivity index (χ4v) is 3.74. The van der Waals surface area contributed by atoms with Crippen molar-refractivity contribution in [3.63, 3.8) is 0 Å². The first kappa shape index (κ1) is 21.0. The highest BCUT2D eigenvalue weighted by atomic mass is 16.2. The fourth-order valence-electron chi connectivity index (χ4n) is 3.74. The summed E-state index contributed by atoms with van der Waals surface area (Å²) in [6.07, 6.45) is 0.355. The summed E-state index contributed by atoms with van der Waals surface area (Å²) in [5.41, 5.74) is 0.857. The van der Waals surface area contributed by atoms with E-state index in [0.717, 1.165) is 4.90 Å². The lowest BCUT2D eigenvalue weighted by molar-refractivity contribution is -0.134. The minimum absolute atomic E-state index is 0.314. The first-order valence-corrected chi connectivity index (χ1v) is 10.1. The number of benzene rings is 2. The number of nitrogens with zero attached hydrogens (tertiary/aromatic N) is 2. The molecule has 4 amide bonds. The SMILES string of the molecule is CCC1(c2ccccc2)NC(=O)N(CC(=O)Nc2cccc(-c3ccc(=O)[nH]n3)c2)C1=O. The highest BCUT2D eigenvalue weighted by Crippen LogP contribution is 2.32. The molecule has 0 bridgehead atoms. The molecule has 0 radical (unpaired) electrons. The summed E-state index contributed by atoms with van der Waals surface area (Å²) in [4.78, 5) is 50.5. The second-order valence-corrected chi connectivity index (χ2v) is 7.38. The fraction of sp³-hybridized carbons (Fsp3) is 0.174. The molecule has 0 saturated carbocycles. The van der Waals surface area contributed by atoms with Crippen molar-refractivity contribution < 1.29 is 14.4 Å². The Kier molecular flexibility index (Phi) is 5.55. The van der Waals surface area contributed by atoms with Crippen LogP contribution >= 0.6 is 0 Å². The van der Waals surface area contributed by atoms with Gasteiger partial charge < -0.3 is 10.6 Å². The van der Waals surface area contributed by atoms with E-state index in [1.165, 1.54) is 6.07 Å². The number of carbonyl (C=O) groups is 3. The summed E-state index contributed by atoms with van der Waals surface area (Å²) in [5, 5.41) is 11.8. The van der Waals surface area contributed by atoms with E-state index in [1.54, 1.807) is 54.6 Å². The summed E-state index contributed by atoms with van der Waals surface area (Å²) in [6, 6.07) is 18.2. The molecular formula is C23H21N5O4. The maximum Gasteiger partial charge on any atom is 0.325 e. The van der Waals surface area contributed by atoms with Crippen LogP contribution in [0.15, 0.2) is 71.5 Å². The molecule has 1 fully saturated rings. The van der Waals surface area contributed by atoms with Crippen LogP contribution < -0.4 is 16.2 Å². The van der Waals surface area contributed by atoms with Gasteiger partial charge in [-0.05, 0) is 30.2 Å². The van der Waals surface area contributed by atoms with E-state index in [0.29, 0.717) is 28.9 Å². The van der Waals surface area contributed by atoms with Crippen molar-refractivity contribution in [2.45, 2.75) is 18.9 Å². The second-order valence-electron chi connectivity index (χ2n) is 7.38. The average Bonchev–Trinajstić information content (AvgIpc) is 3.05. The minimum Gasteiger partial charge on any atom is -0.325 e. The van der Waals surface area contributed by atoms with E-state index in [-0.39, 0.29) is 5.56 Å². The Balaban J connectivity index is 1.49. The molecule has 9 heteroatoms. The largest absolute Gasteiger partial charge is 0.325 e. The Labute approximate surface area is 183 Å². The van der Waals surface area contributed by atoms with Crippen molar-refractivity contribution in [2.75, 3.05) is 11.9 Å². The number of H-pyrrole nitrogens is 1. The Hall–Kier alpha value is -4.27. The highest BCUT2D eigenvalue weighted by molar-refractivity contribution is 6.10. The molecule has 32 heavy (non-hydrogen) atoms. The molecule has 3 aromatic rings. The van der Waals surface area contributed by atoms with Crippen LogP contribution in [0.5, 0.6) is 0 Å². The minimum atomic E-state index is -1.19. The van der Waals surface area contributed by atoms with Crippen molar-refractivity contribution in [3.05, 3.63) is 82.6 Å². The third-order valence-corrected chi connectivity index (χ3v) is 5.40. The number of nitrogens with one attached hydrogen (secondary N) is 3. The number of hydrogen-bond donors (Lipinski definition) is 3. The molecule has 1 aliphatic rings. The standard InChI is InChI=1S/C23H21N5O4/c1-2-23(16-8-4-3-5-9-16)21(31)28(22(32)25-23)14-20(30)24-17-10-6-7-15(13-17)18-11-12-19(29)27-26-18/h3-13H,2,14H2,1H3,(H,24,30)(H,25,32)(H,27,29). The maximum absolute atomic E-state index is 13.1. The van der Waals surface area contributed by atoms with Crippen LogP contribution in [0, 0.1) is 0 Å². The molecule has 1 unspecified atom stereocenters. The molecule has 1 saturated heterocycles. The van der Waals surface area contributed by atoms with Gasteiger partial charge in [-0.3, -0.25) is 19.3 Å². The van der Waals surface area contributed by atoms with Crippen LogP contribution in [-0.4, -0.2) is 39.5 Å². The van der Waals surface area contributed by atoms with E-state index >= 15 is 0 Å². The van der Waals surface area contributed by atoms with E-state index in [2.05, 4.69) is 20.8 Å². The number of imide groups is 1. The molecule has 4 rings (SSSR count). The van der Waals surface area contributed by atoms with Gasteiger partial charge in [-0.2, -0.15) is 5.10 Å².